The minimum Gasteiger partial charge on any atom is -0.487 e. The highest BCUT2D eigenvalue weighted by Gasteiger charge is 2.50. The molecule has 21 heavy (non-hydrogen) atoms. The van der Waals surface area contributed by atoms with Crippen LogP contribution in [0.2, 0.25) is 0 Å². The van der Waals surface area contributed by atoms with Crippen LogP contribution in [0.15, 0.2) is 18.2 Å². The van der Waals surface area contributed by atoms with E-state index in [1.54, 1.807) is 0 Å². The van der Waals surface area contributed by atoms with Gasteiger partial charge in [-0.1, -0.05) is 17.7 Å². The highest BCUT2D eigenvalue weighted by molar-refractivity contribution is 5.41. The fourth-order valence-electron chi connectivity index (χ4n) is 3.72. The van der Waals surface area contributed by atoms with Gasteiger partial charge in [0.2, 0.25) is 0 Å². The van der Waals surface area contributed by atoms with Crippen molar-refractivity contribution in [3.05, 3.63) is 29.3 Å². The van der Waals surface area contributed by atoms with Crippen LogP contribution in [0.1, 0.15) is 49.3 Å². The van der Waals surface area contributed by atoms with Gasteiger partial charge >= 0.3 is 6.18 Å². The first-order valence-corrected chi connectivity index (χ1v) is 7.41. The van der Waals surface area contributed by atoms with Gasteiger partial charge in [-0.15, -0.1) is 0 Å². The molecule has 1 aliphatic carbocycles. The average Bonchev–Trinajstić information content (AvgIpc) is 2.39. The fraction of sp³-hybridized carbons (Fsp3) is 0.625. The Morgan fingerprint density at radius 2 is 2.05 bits per heavy atom. The number of hydrogen-bond donors (Lipinski definition) is 1. The lowest BCUT2D eigenvalue weighted by Gasteiger charge is -2.46. The second-order valence-electron chi connectivity index (χ2n) is 6.47. The first kappa shape index (κ1) is 14.7. The number of rotatable bonds is 0. The van der Waals surface area contributed by atoms with Crippen molar-refractivity contribution >= 4 is 0 Å². The molecule has 3 atom stereocenters. The first-order chi connectivity index (χ1) is 9.79. The van der Waals surface area contributed by atoms with E-state index in [0.29, 0.717) is 25.0 Å². The molecule has 5 heteroatoms. The van der Waals surface area contributed by atoms with E-state index in [4.69, 9.17) is 10.5 Å². The van der Waals surface area contributed by atoms with Gasteiger partial charge in [-0.25, -0.2) is 0 Å². The second kappa shape index (κ2) is 4.90. The molecule has 1 spiro atoms. The van der Waals surface area contributed by atoms with Crippen LogP contribution in [-0.2, 0) is 0 Å². The molecule has 2 N–H and O–H groups in total. The van der Waals surface area contributed by atoms with E-state index in [1.165, 1.54) is 0 Å². The van der Waals surface area contributed by atoms with Gasteiger partial charge in [0.25, 0.3) is 0 Å². The molecule has 0 radical (unpaired) electrons. The molecule has 3 rings (SSSR count). The Hall–Kier alpha value is -1.23. The molecule has 0 bridgehead atoms. The Bertz CT molecular complexity index is 543. The van der Waals surface area contributed by atoms with Crippen LogP contribution in [0.3, 0.4) is 0 Å². The third kappa shape index (κ3) is 2.76. The maximum absolute atomic E-state index is 13.0. The smallest absolute Gasteiger partial charge is 0.391 e. The number of aryl methyl sites for hydroxylation is 1. The van der Waals surface area contributed by atoms with Gasteiger partial charge in [0.15, 0.2) is 0 Å². The monoisotopic (exact) mass is 299 g/mol. The molecule has 3 unspecified atom stereocenters. The van der Waals surface area contributed by atoms with Crippen LogP contribution in [0, 0.1) is 12.8 Å². The van der Waals surface area contributed by atoms with Crippen LogP contribution in [0.25, 0.3) is 0 Å². The molecule has 1 heterocycles. The predicted octanol–water partition coefficient (Wildman–Crippen LogP) is 4.27. The second-order valence-corrected chi connectivity index (χ2v) is 6.47. The third-order valence-electron chi connectivity index (χ3n) is 4.75. The summed E-state index contributed by atoms with van der Waals surface area (Å²) in [6.45, 7) is 1.97. The summed E-state index contributed by atoms with van der Waals surface area (Å²) in [5.74, 6) is -0.618. The first-order valence-electron chi connectivity index (χ1n) is 7.41. The lowest BCUT2D eigenvalue weighted by atomic mass is 9.72. The van der Waals surface area contributed by atoms with Gasteiger partial charge in [-0.3, -0.25) is 0 Å². The zero-order valence-corrected chi connectivity index (χ0v) is 12.0. The van der Waals surface area contributed by atoms with Crippen molar-refractivity contribution in [3.8, 4) is 5.75 Å². The minimum atomic E-state index is -4.14. The molecule has 1 aromatic rings. The molecule has 0 saturated heterocycles. The molecule has 2 aliphatic rings. The Labute approximate surface area is 122 Å². The van der Waals surface area contributed by atoms with E-state index in [-0.39, 0.29) is 18.9 Å². The number of nitrogens with two attached hydrogens (primary N) is 1. The summed E-state index contributed by atoms with van der Waals surface area (Å²) in [6, 6.07) is 5.47. The van der Waals surface area contributed by atoms with Gasteiger partial charge < -0.3 is 10.5 Å². The fourth-order valence-corrected chi connectivity index (χ4v) is 3.72. The summed E-state index contributed by atoms with van der Waals surface area (Å²) >= 11 is 0. The maximum Gasteiger partial charge on any atom is 0.391 e. The topological polar surface area (TPSA) is 35.2 Å². The molecular weight excluding hydrogens is 279 g/mol. The van der Waals surface area contributed by atoms with E-state index >= 15 is 0 Å². The number of ether oxygens (including phenoxy) is 1. The largest absolute Gasteiger partial charge is 0.487 e. The van der Waals surface area contributed by atoms with E-state index in [1.807, 2.05) is 25.1 Å². The number of benzene rings is 1. The molecule has 2 nitrogen and oxygen atoms in total. The van der Waals surface area contributed by atoms with Crippen molar-refractivity contribution in [1.29, 1.82) is 0 Å². The van der Waals surface area contributed by atoms with E-state index in [2.05, 4.69) is 0 Å². The predicted molar refractivity (Wildman–Crippen MR) is 74.1 cm³/mol. The molecule has 1 aromatic carbocycles. The van der Waals surface area contributed by atoms with Gasteiger partial charge in [-0.05, 0) is 38.7 Å². The summed E-state index contributed by atoms with van der Waals surface area (Å²) in [5, 5.41) is 0. The summed E-state index contributed by atoms with van der Waals surface area (Å²) in [7, 11) is 0. The average molecular weight is 299 g/mol. The van der Waals surface area contributed by atoms with E-state index in [0.717, 1.165) is 11.1 Å². The SMILES string of the molecule is Cc1ccc2c(c1)C(N)CC1(CCCC(C(F)(F)F)C1)O2. The number of hydrogen-bond acceptors (Lipinski definition) is 2. The number of fused-ring (bicyclic) bond motifs is 1. The standard InChI is InChI=1S/C16H20F3NO/c1-10-4-5-14-12(7-10)13(20)9-15(21-14)6-2-3-11(8-15)16(17,18)19/h4-5,7,11,13H,2-3,6,8-9,20H2,1H3. The number of halogens is 3. The summed E-state index contributed by atoms with van der Waals surface area (Å²) < 4.78 is 45.1. The highest BCUT2D eigenvalue weighted by Crippen LogP contribution is 2.50. The lowest BCUT2D eigenvalue weighted by Crippen LogP contribution is -2.48. The normalized spacial score (nSPS) is 32.6. The van der Waals surface area contributed by atoms with Crippen molar-refractivity contribution in [2.45, 2.75) is 56.8 Å². The molecule has 1 aliphatic heterocycles. The minimum absolute atomic E-state index is 0.0253. The van der Waals surface area contributed by atoms with Crippen molar-refractivity contribution in [2.75, 3.05) is 0 Å². The molecule has 1 saturated carbocycles. The van der Waals surface area contributed by atoms with Crippen LogP contribution in [0.4, 0.5) is 13.2 Å². The Balaban J connectivity index is 1.89. The van der Waals surface area contributed by atoms with Gasteiger partial charge in [-0.2, -0.15) is 13.2 Å². The van der Waals surface area contributed by atoms with Crippen molar-refractivity contribution in [2.24, 2.45) is 11.7 Å². The van der Waals surface area contributed by atoms with Crippen LogP contribution in [0.5, 0.6) is 5.75 Å². The van der Waals surface area contributed by atoms with Gasteiger partial charge in [0.05, 0.1) is 5.92 Å². The molecule has 116 valence electrons. The summed E-state index contributed by atoms with van der Waals surface area (Å²) in [6.07, 6.45) is -2.26. The highest BCUT2D eigenvalue weighted by atomic mass is 19.4. The van der Waals surface area contributed by atoms with Crippen LogP contribution in [-0.4, -0.2) is 11.8 Å². The number of alkyl halides is 3. The Kier molecular flexibility index (Phi) is 3.43. The molecule has 1 fully saturated rings. The third-order valence-corrected chi connectivity index (χ3v) is 4.75. The molecular formula is C16H20F3NO. The maximum atomic E-state index is 13.0. The van der Waals surface area contributed by atoms with Crippen molar-refractivity contribution < 1.29 is 17.9 Å². The quantitative estimate of drug-likeness (QED) is 0.776. The molecule has 0 aromatic heterocycles. The lowest BCUT2D eigenvalue weighted by molar-refractivity contribution is -0.199. The zero-order chi connectivity index (χ0) is 15.3. The Morgan fingerprint density at radius 1 is 1.29 bits per heavy atom. The Morgan fingerprint density at radius 3 is 2.76 bits per heavy atom. The summed E-state index contributed by atoms with van der Waals surface area (Å²) in [5.41, 5.74) is 7.46. The van der Waals surface area contributed by atoms with E-state index in [9.17, 15) is 13.2 Å². The van der Waals surface area contributed by atoms with Crippen LogP contribution < -0.4 is 10.5 Å². The van der Waals surface area contributed by atoms with E-state index < -0.39 is 17.7 Å². The van der Waals surface area contributed by atoms with Gasteiger partial charge in [0, 0.05) is 18.0 Å². The zero-order valence-electron chi connectivity index (χ0n) is 12.0. The molecule has 0 amide bonds. The summed E-state index contributed by atoms with van der Waals surface area (Å²) in [4.78, 5) is 0. The van der Waals surface area contributed by atoms with Gasteiger partial charge in [0.1, 0.15) is 11.4 Å². The van der Waals surface area contributed by atoms with Crippen molar-refractivity contribution in [1.82, 2.24) is 0 Å². The van der Waals surface area contributed by atoms with Crippen molar-refractivity contribution in [3.63, 3.8) is 0 Å². The van der Waals surface area contributed by atoms with Crippen LogP contribution >= 0.6 is 0 Å².